The maximum atomic E-state index is 15.4. The van der Waals surface area contributed by atoms with E-state index in [0.29, 0.717) is 32.0 Å². The number of rotatable bonds is 7. The van der Waals surface area contributed by atoms with Gasteiger partial charge in [0.05, 0.1) is 17.7 Å². The number of carbonyl (C=O) groups excluding carboxylic acids is 1. The van der Waals surface area contributed by atoms with Crippen molar-refractivity contribution in [3.05, 3.63) is 63.4 Å². The largest absolute Gasteiger partial charge is 0.493 e. The third-order valence-corrected chi connectivity index (χ3v) is 9.04. The summed E-state index contributed by atoms with van der Waals surface area (Å²) in [6.07, 6.45) is 0.940. The Morgan fingerprint density at radius 1 is 1.00 bits per heavy atom. The molecule has 5 rings (SSSR count). The molecule has 0 aromatic heterocycles. The molecule has 0 radical (unpaired) electrons. The first-order valence-electron chi connectivity index (χ1n) is 14.7. The van der Waals surface area contributed by atoms with Gasteiger partial charge in [0.1, 0.15) is 11.6 Å². The monoisotopic (exact) mass is 594 g/mol. The molecule has 2 saturated heterocycles. The molecule has 9 heteroatoms. The first-order valence-corrected chi connectivity index (χ1v) is 15.0. The molecule has 3 fully saturated rings. The lowest BCUT2D eigenvalue weighted by Crippen LogP contribution is -2.43. The van der Waals surface area contributed by atoms with E-state index in [1.807, 2.05) is 9.80 Å². The molecule has 0 bridgehead atoms. The molecular weight excluding hydrogens is 556 g/mol. The predicted molar refractivity (Wildman–Crippen MR) is 152 cm³/mol. The van der Waals surface area contributed by atoms with E-state index in [4.69, 9.17) is 16.3 Å². The van der Waals surface area contributed by atoms with E-state index < -0.39 is 17.6 Å². The van der Waals surface area contributed by atoms with Crippen molar-refractivity contribution in [2.24, 2.45) is 11.3 Å². The summed E-state index contributed by atoms with van der Waals surface area (Å²) in [7, 11) is 0. The number of benzene rings is 2. The third-order valence-electron chi connectivity index (χ3n) is 8.81. The highest BCUT2D eigenvalue weighted by molar-refractivity contribution is 6.30. The van der Waals surface area contributed by atoms with Crippen LogP contribution in [0.25, 0.3) is 0 Å². The third kappa shape index (κ3) is 7.02. The summed E-state index contributed by atoms with van der Waals surface area (Å²) in [5, 5.41) is 0.289. The molecule has 2 aromatic rings. The summed E-state index contributed by atoms with van der Waals surface area (Å²) in [6.45, 7) is 8.87. The number of alkyl halides is 3. The number of carbonyl (C=O) groups is 1. The Morgan fingerprint density at radius 3 is 2.34 bits per heavy atom. The van der Waals surface area contributed by atoms with Gasteiger partial charge >= 0.3 is 6.18 Å². The van der Waals surface area contributed by atoms with Crippen LogP contribution in [0.2, 0.25) is 5.02 Å². The molecule has 2 heterocycles. The molecule has 0 spiro atoms. The van der Waals surface area contributed by atoms with Crippen LogP contribution in [0.4, 0.5) is 17.6 Å². The van der Waals surface area contributed by atoms with Crippen molar-refractivity contribution in [2.45, 2.75) is 84.0 Å². The number of nitrogens with zero attached hydrogens (tertiary/aromatic N) is 2. The number of likely N-dealkylation sites (tertiary alicyclic amines) is 2. The van der Waals surface area contributed by atoms with Gasteiger partial charge < -0.3 is 9.64 Å². The first kappa shape index (κ1) is 30.1. The Labute approximate surface area is 245 Å². The Hall–Kier alpha value is -2.32. The zero-order valence-corrected chi connectivity index (χ0v) is 24.8. The number of amides is 1. The average Bonchev–Trinajstić information content (AvgIpc) is 3.60. The molecule has 2 aromatic carbocycles. The van der Waals surface area contributed by atoms with Gasteiger partial charge in [-0.2, -0.15) is 13.2 Å². The van der Waals surface area contributed by atoms with Crippen molar-refractivity contribution >= 4 is 17.5 Å². The second-order valence-electron chi connectivity index (χ2n) is 13.0. The fourth-order valence-corrected chi connectivity index (χ4v) is 6.56. The number of hydrogen-bond acceptors (Lipinski definition) is 3. The molecule has 1 amide bonds. The van der Waals surface area contributed by atoms with Gasteiger partial charge in [-0.25, -0.2) is 4.39 Å². The fourth-order valence-electron chi connectivity index (χ4n) is 6.37. The summed E-state index contributed by atoms with van der Waals surface area (Å²) in [5.74, 6) is 0.198. The van der Waals surface area contributed by atoms with E-state index in [1.54, 1.807) is 6.07 Å². The lowest BCUT2D eigenvalue weighted by atomic mass is 9.85. The Balaban J connectivity index is 1.21. The van der Waals surface area contributed by atoms with Gasteiger partial charge in [-0.1, -0.05) is 32.4 Å². The van der Waals surface area contributed by atoms with Crippen LogP contribution < -0.4 is 4.74 Å². The van der Waals surface area contributed by atoms with Gasteiger partial charge in [0.2, 0.25) is 0 Å². The molecule has 0 N–H and O–H groups in total. The van der Waals surface area contributed by atoms with Gasteiger partial charge in [0.15, 0.2) is 0 Å². The lowest BCUT2D eigenvalue weighted by Gasteiger charge is -2.35. The van der Waals surface area contributed by atoms with Crippen molar-refractivity contribution in [2.75, 3.05) is 26.2 Å². The van der Waals surface area contributed by atoms with Gasteiger partial charge in [-0.3, -0.25) is 9.69 Å². The van der Waals surface area contributed by atoms with Gasteiger partial charge in [-0.05, 0) is 104 Å². The summed E-state index contributed by atoms with van der Waals surface area (Å²) >= 11 is 5.99. The molecule has 1 saturated carbocycles. The van der Waals surface area contributed by atoms with Crippen LogP contribution in [0.5, 0.6) is 5.75 Å². The van der Waals surface area contributed by atoms with Gasteiger partial charge in [0.25, 0.3) is 5.91 Å². The van der Waals surface area contributed by atoms with Gasteiger partial charge in [-0.15, -0.1) is 0 Å². The Bertz CT molecular complexity index is 1260. The van der Waals surface area contributed by atoms with E-state index in [1.165, 1.54) is 18.2 Å². The van der Waals surface area contributed by atoms with Crippen LogP contribution in [0.15, 0.2) is 30.3 Å². The highest BCUT2D eigenvalue weighted by atomic mass is 35.5. The van der Waals surface area contributed by atoms with E-state index in [9.17, 15) is 18.0 Å². The van der Waals surface area contributed by atoms with Crippen molar-refractivity contribution in [3.8, 4) is 5.75 Å². The number of hydrogen-bond donors (Lipinski definition) is 0. The molecule has 1 atom stereocenters. The van der Waals surface area contributed by atoms with Crippen LogP contribution in [0.1, 0.15) is 92.3 Å². The average molecular weight is 595 g/mol. The first-order chi connectivity index (χ1) is 19.3. The van der Waals surface area contributed by atoms with Crippen molar-refractivity contribution in [1.29, 1.82) is 0 Å². The Morgan fingerprint density at radius 2 is 1.71 bits per heavy atom. The fraction of sp³-hybridized carbons (Fsp3) is 0.594. The Kier molecular flexibility index (Phi) is 8.64. The maximum absolute atomic E-state index is 15.4. The van der Waals surface area contributed by atoms with Crippen molar-refractivity contribution < 1.29 is 27.1 Å². The van der Waals surface area contributed by atoms with Crippen LogP contribution >= 0.6 is 11.6 Å². The summed E-state index contributed by atoms with van der Waals surface area (Å²) in [4.78, 5) is 17.3. The highest BCUT2D eigenvalue weighted by Crippen LogP contribution is 2.46. The van der Waals surface area contributed by atoms with Crippen LogP contribution in [-0.2, 0) is 12.7 Å². The molecule has 3 aliphatic rings. The normalized spacial score (nSPS) is 21.0. The second-order valence-corrected chi connectivity index (χ2v) is 13.4. The van der Waals surface area contributed by atoms with Crippen LogP contribution in [0.3, 0.4) is 0 Å². The minimum Gasteiger partial charge on any atom is -0.493 e. The SMILES string of the molecule is CC(C)(C)[C@@H]1CCCN1C(=O)c1cc(C2CC2)c(OCC2CCN(Cc3cc(Cl)ccc3C(F)(F)F)CC2)cc1F. The standard InChI is InChI=1S/C32H39ClF4N2O2/c1-31(2,3)29-5-4-12-39(29)30(40)25-16-24(21-6-7-21)28(17-27(25)34)41-19-20-10-13-38(14-11-20)18-22-15-23(33)8-9-26(22)32(35,36)37/h8-9,15-17,20-21,29H,4-7,10-14,18-19H2,1-3H3/t29-/m0/s1. The van der Waals surface area contributed by atoms with Crippen molar-refractivity contribution in [1.82, 2.24) is 9.80 Å². The van der Waals surface area contributed by atoms with Crippen molar-refractivity contribution in [3.63, 3.8) is 0 Å². The molecule has 2 aliphatic heterocycles. The highest BCUT2D eigenvalue weighted by Gasteiger charge is 2.39. The zero-order valence-electron chi connectivity index (χ0n) is 24.0. The van der Waals surface area contributed by atoms with Crippen LogP contribution in [0, 0.1) is 17.2 Å². The van der Waals surface area contributed by atoms with E-state index in [-0.39, 0.29) is 51.9 Å². The second kappa shape index (κ2) is 11.8. The number of piperidine rings is 1. The summed E-state index contributed by atoms with van der Waals surface area (Å²) < 4.78 is 62.0. The summed E-state index contributed by atoms with van der Waals surface area (Å²) in [6, 6.07) is 6.90. The van der Waals surface area contributed by atoms with E-state index >= 15 is 4.39 Å². The lowest BCUT2D eigenvalue weighted by molar-refractivity contribution is -0.138. The van der Waals surface area contributed by atoms with E-state index in [2.05, 4.69) is 20.8 Å². The molecule has 0 unspecified atom stereocenters. The minimum atomic E-state index is -4.43. The van der Waals surface area contributed by atoms with E-state index in [0.717, 1.165) is 50.2 Å². The molecule has 224 valence electrons. The minimum absolute atomic E-state index is 0.0741. The topological polar surface area (TPSA) is 32.8 Å². The smallest absolute Gasteiger partial charge is 0.416 e. The number of ether oxygens (including phenoxy) is 1. The number of halogens is 5. The maximum Gasteiger partial charge on any atom is 0.416 e. The molecule has 41 heavy (non-hydrogen) atoms. The quantitative estimate of drug-likeness (QED) is 0.302. The zero-order chi connectivity index (χ0) is 29.5. The molecule has 4 nitrogen and oxygen atoms in total. The molecule has 1 aliphatic carbocycles. The predicted octanol–water partition coefficient (Wildman–Crippen LogP) is 8.32. The van der Waals surface area contributed by atoms with Crippen LogP contribution in [-0.4, -0.2) is 48.0 Å². The van der Waals surface area contributed by atoms with Gasteiger partial charge in [0, 0.05) is 30.2 Å². The summed E-state index contributed by atoms with van der Waals surface area (Å²) in [5.41, 5.74) is 0.488. The molecular formula is C32H39ClF4N2O2.